The molecule has 1 saturated heterocycles. The fourth-order valence-electron chi connectivity index (χ4n) is 4.61. The van der Waals surface area contributed by atoms with Crippen LogP contribution in [0, 0.1) is 5.41 Å². The van der Waals surface area contributed by atoms with Crippen molar-refractivity contribution in [2.75, 3.05) is 32.1 Å². The van der Waals surface area contributed by atoms with Gasteiger partial charge in [-0.3, -0.25) is 9.59 Å². The Morgan fingerprint density at radius 3 is 2.89 bits per heavy atom. The van der Waals surface area contributed by atoms with Crippen molar-refractivity contribution < 1.29 is 19.1 Å². The van der Waals surface area contributed by atoms with Gasteiger partial charge in [0, 0.05) is 30.6 Å². The number of carbonyl (C=O) groups excluding carboxylic acids is 2. The summed E-state index contributed by atoms with van der Waals surface area (Å²) in [5, 5.41) is 2.85. The van der Waals surface area contributed by atoms with Crippen molar-refractivity contribution in [2.45, 2.75) is 18.8 Å². The summed E-state index contributed by atoms with van der Waals surface area (Å²) in [5.74, 6) is 1.05. The molecule has 1 unspecified atom stereocenters. The van der Waals surface area contributed by atoms with E-state index in [1.54, 1.807) is 19.2 Å². The minimum absolute atomic E-state index is 0.00818. The third-order valence-corrected chi connectivity index (χ3v) is 6.03. The van der Waals surface area contributed by atoms with Crippen LogP contribution in [0.5, 0.6) is 11.5 Å². The molecule has 1 spiro atoms. The summed E-state index contributed by atoms with van der Waals surface area (Å²) in [6.07, 6.45) is 1.09. The summed E-state index contributed by atoms with van der Waals surface area (Å²) >= 11 is 0. The lowest BCUT2D eigenvalue weighted by molar-refractivity contribution is -0.149. The molecule has 0 saturated carbocycles. The van der Waals surface area contributed by atoms with Crippen LogP contribution < -0.4 is 14.8 Å². The van der Waals surface area contributed by atoms with E-state index in [-0.39, 0.29) is 23.7 Å². The Hall–Kier alpha value is -3.02. The average molecular weight is 378 g/mol. The molecular weight excluding hydrogens is 356 g/mol. The fraction of sp³-hybridized carbons (Fsp3) is 0.364. The first-order valence-electron chi connectivity index (χ1n) is 9.54. The van der Waals surface area contributed by atoms with Crippen LogP contribution >= 0.6 is 0 Å². The SMILES string of the molecule is COc1ccc2c(c1)C(C(=O)N1CC3(COc4ccccc4C3)C1)CC(=O)N2. The number of fused-ring (bicyclic) bond motifs is 2. The van der Waals surface area contributed by atoms with Crippen LogP contribution in [0.3, 0.4) is 0 Å². The third kappa shape index (κ3) is 2.71. The van der Waals surface area contributed by atoms with Gasteiger partial charge in [-0.15, -0.1) is 0 Å². The van der Waals surface area contributed by atoms with E-state index in [9.17, 15) is 9.59 Å². The lowest BCUT2D eigenvalue weighted by atomic mass is 9.73. The first-order chi connectivity index (χ1) is 13.6. The summed E-state index contributed by atoms with van der Waals surface area (Å²) in [6, 6.07) is 13.5. The molecule has 1 fully saturated rings. The van der Waals surface area contributed by atoms with Crippen LogP contribution in [-0.4, -0.2) is 43.5 Å². The second-order valence-electron chi connectivity index (χ2n) is 8.03. The molecule has 2 aromatic carbocycles. The quantitative estimate of drug-likeness (QED) is 0.872. The topological polar surface area (TPSA) is 67.9 Å². The van der Waals surface area contributed by atoms with E-state index in [0.29, 0.717) is 31.1 Å². The van der Waals surface area contributed by atoms with Gasteiger partial charge in [0.25, 0.3) is 0 Å². The molecule has 2 amide bonds. The van der Waals surface area contributed by atoms with E-state index in [4.69, 9.17) is 9.47 Å². The molecule has 3 heterocycles. The van der Waals surface area contributed by atoms with Gasteiger partial charge >= 0.3 is 0 Å². The van der Waals surface area contributed by atoms with Gasteiger partial charge < -0.3 is 19.7 Å². The van der Waals surface area contributed by atoms with Crippen molar-refractivity contribution in [3.05, 3.63) is 53.6 Å². The molecule has 1 N–H and O–H groups in total. The zero-order chi connectivity index (χ0) is 19.3. The van der Waals surface area contributed by atoms with Crippen LogP contribution in [0.4, 0.5) is 5.69 Å². The first kappa shape index (κ1) is 17.1. The molecule has 3 aliphatic rings. The molecule has 28 heavy (non-hydrogen) atoms. The van der Waals surface area contributed by atoms with Gasteiger partial charge in [0.05, 0.1) is 19.6 Å². The number of anilines is 1. The van der Waals surface area contributed by atoms with Crippen molar-refractivity contribution >= 4 is 17.5 Å². The Morgan fingerprint density at radius 2 is 2.07 bits per heavy atom. The third-order valence-electron chi connectivity index (χ3n) is 6.03. The van der Waals surface area contributed by atoms with E-state index in [1.165, 1.54) is 5.56 Å². The Balaban J connectivity index is 1.34. The maximum Gasteiger partial charge on any atom is 0.230 e. The van der Waals surface area contributed by atoms with Gasteiger partial charge in [-0.05, 0) is 41.8 Å². The summed E-state index contributed by atoms with van der Waals surface area (Å²) in [4.78, 5) is 27.2. The summed E-state index contributed by atoms with van der Waals surface area (Å²) in [5.41, 5.74) is 2.71. The van der Waals surface area contributed by atoms with Crippen LogP contribution in [0.1, 0.15) is 23.5 Å². The number of nitrogens with zero attached hydrogens (tertiary/aromatic N) is 1. The average Bonchev–Trinajstić information content (AvgIpc) is 2.70. The molecule has 3 aliphatic heterocycles. The van der Waals surface area contributed by atoms with Crippen molar-refractivity contribution in [2.24, 2.45) is 5.41 Å². The van der Waals surface area contributed by atoms with Crippen LogP contribution in [0.2, 0.25) is 0 Å². The summed E-state index contributed by atoms with van der Waals surface area (Å²) < 4.78 is 11.2. The van der Waals surface area contributed by atoms with Crippen LogP contribution in [0.15, 0.2) is 42.5 Å². The Kier molecular flexibility index (Phi) is 3.82. The number of benzene rings is 2. The van der Waals surface area contributed by atoms with Crippen molar-refractivity contribution in [3.8, 4) is 11.5 Å². The number of amides is 2. The maximum absolute atomic E-state index is 13.2. The van der Waals surface area contributed by atoms with E-state index in [2.05, 4.69) is 11.4 Å². The van der Waals surface area contributed by atoms with Crippen LogP contribution in [-0.2, 0) is 16.0 Å². The predicted octanol–water partition coefficient (Wildman–Crippen LogP) is 2.58. The highest BCUT2D eigenvalue weighted by molar-refractivity contribution is 6.01. The van der Waals surface area contributed by atoms with Crippen molar-refractivity contribution in [1.29, 1.82) is 0 Å². The smallest absolute Gasteiger partial charge is 0.230 e. The monoisotopic (exact) mass is 378 g/mol. The molecule has 6 nitrogen and oxygen atoms in total. The lowest BCUT2D eigenvalue weighted by Crippen LogP contribution is -2.63. The van der Waals surface area contributed by atoms with Gasteiger partial charge in [0.1, 0.15) is 11.5 Å². The molecule has 0 radical (unpaired) electrons. The number of rotatable bonds is 2. The number of hydrogen-bond acceptors (Lipinski definition) is 4. The molecular formula is C22H22N2O4. The number of ether oxygens (including phenoxy) is 2. The maximum atomic E-state index is 13.2. The second kappa shape index (κ2) is 6.26. The highest BCUT2D eigenvalue weighted by atomic mass is 16.5. The summed E-state index contributed by atoms with van der Waals surface area (Å²) in [6.45, 7) is 1.96. The van der Waals surface area contributed by atoms with E-state index < -0.39 is 5.92 Å². The molecule has 6 heteroatoms. The van der Waals surface area contributed by atoms with Crippen molar-refractivity contribution in [1.82, 2.24) is 4.90 Å². The largest absolute Gasteiger partial charge is 0.497 e. The highest BCUT2D eigenvalue weighted by Crippen LogP contribution is 2.43. The molecule has 144 valence electrons. The Morgan fingerprint density at radius 1 is 1.25 bits per heavy atom. The van der Waals surface area contributed by atoms with Gasteiger partial charge in [0.2, 0.25) is 11.8 Å². The zero-order valence-corrected chi connectivity index (χ0v) is 15.7. The van der Waals surface area contributed by atoms with Gasteiger partial charge in [-0.1, -0.05) is 18.2 Å². The molecule has 0 aromatic heterocycles. The zero-order valence-electron chi connectivity index (χ0n) is 15.7. The van der Waals surface area contributed by atoms with E-state index in [0.717, 1.165) is 17.7 Å². The van der Waals surface area contributed by atoms with Crippen molar-refractivity contribution in [3.63, 3.8) is 0 Å². The summed E-state index contributed by atoms with van der Waals surface area (Å²) in [7, 11) is 1.60. The number of nitrogens with one attached hydrogen (secondary N) is 1. The minimum atomic E-state index is -0.465. The fourth-order valence-corrected chi connectivity index (χ4v) is 4.61. The Labute approximate surface area is 163 Å². The molecule has 0 bridgehead atoms. The van der Waals surface area contributed by atoms with E-state index in [1.807, 2.05) is 29.2 Å². The molecule has 1 atom stereocenters. The number of carbonyl (C=O) groups is 2. The normalized spacial score (nSPS) is 21.7. The molecule has 2 aromatic rings. The second-order valence-corrected chi connectivity index (χ2v) is 8.03. The lowest BCUT2D eigenvalue weighted by Gasteiger charge is -2.52. The van der Waals surface area contributed by atoms with Gasteiger partial charge in [0.15, 0.2) is 0 Å². The minimum Gasteiger partial charge on any atom is -0.497 e. The predicted molar refractivity (Wildman–Crippen MR) is 104 cm³/mol. The molecule has 5 rings (SSSR count). The number of likely N-dealkylation sites (tertiary alicyclic amines) is 1. The first-order valence-corrected chi connectivity index (χ1v) is 9.54. The van der Waals surface area contributed by atoms with Crippen LogP contribution in [0.25, 0.3) is 0 Å². The molecule has 0 aliphatic carbocycles. The van der Waals surface area contributed by atoms with E-state index >= 15 is 0 Å². The van der Waals surface area contributed by atoms with Gasteiger partial charge in [-0.25, -0.2) is 0 Å². The Bertz CT molecular complexity index is 965. The number of para-hydroxylation sites is 1. The number of hydrogen-bond donors (Lipinski definition) is 1. The highest BCUT2D eigenvalue weighted by Gasteiger charge is 2.49. The number of methoxy groups -OCH3 is 1. The standard InChI is InChI=1S/C22H22N2O4/c1-27-15-6-7-18-16(8-15)17(9-20(25)23-18)21(26)24-11-22(12-24)10-14-4-2-3-5-19(14)28-13-22/h2-8,17H,9-13H2,1H3,(H,23,25). The van der Waals surface area contributed by atoms with Gasteiger partial charge in [-0.2, -0.15) is 0 Å².